The fourth-order valence-corrected chi connectivity index (χ4v) is 3.19. The quantitative estimate of drug-likeness (QED) is 0.763. The molecule has 0 aliphatic heterocycles. The van der Waals surface area contributed by atoms with E-state index in [4.69, 9.17) is 17.3 Å². The van der Waals surface area contributed by atoms with Crippen molar-refractivity contribution in [3.8, 4) is 0 Å². The summed E-state index contributed by atoms with van der Waals surface area (Å²) in [5, 5.41) is 3.48. The summed E-state index contributed by atoms with van der Waals surface area (Å²) in [6, 6.07) is 5.23. The van der Waals surface area contributed by atoms with Crippen LogP contribution in [0.25, 0.3) is 0 Å². The minimum atomic E-state index is 0.116. The van der Waals surface area contributed by atoms with E-state index in [-0.39, 0.29) is 11.8 Å². The van der Waals surface area contributed by atoms with Gasteiger partial charge in [-0.25, -0.2) is 0 Å². The Labute approximate surface area is 132 Å². The highest BCUT2D eigenvalue weighted by Gasteiger charge is 2.26. The Morgan fingerprint density at radius 1 is 1.33 bits per heavy atom. The van der Waals surface area contributed by atoms with Gasteiger partial charge in [0.15, 0.2) is 0 Å². The van der Waals surface area contributed by atoms with Gasteiger partial charge in [-0.15, -0.1) is 0 Å². The van der Waals surface area contributed by atoms with E-state index in [1.165, 1.54) is 32.1 Å². The van der Waals surface area contributed by atoms with Crippen molar-refractivity contribution in [2.45, 2.75) is 51.9 Å². The van der Waals surface area contributed by atoms with E-state index in [1.54, 1.807) is 18.2 Å². The lowest BCUT2D eigenvalue weighted by Gasteiger charge is -2.27. The van der Waals surface area contributed by atoms with Gasteiger partial charge in [-0.3, -0.25) is 4.79 Å². The molecule has 1 saturated carbocycles. The zero-order valence-electron chi connectivity index (χ0n) is 12.7. The molecule has 1 aromatic carbocycles. The molecule has 21 heavy (non-hydrogen) atoms. The molecule has 0 spiro atoms. The van der Waals surface area contributed by atoms with Crippen molar-refractivity contribution in [2.24, 2.45) is 11.8 Å². The summed E-state index contributed by atoms with van der Waals surface area (Å²) in [7, 11) is 0. The van der Waals surface area contributed by atoms with Gasteiger partial charge in [0.05, 0.1) is 10.7 Å². The van der Waals surface area contributed by atoms with Gasteiger partial charge in [-0.2, -0.15) is 0 Å². The maximum Gasteiger partial charge on any atom is 0.227 e. The average molecular weight is 309 g/mol. The van der Waals surface area contributed by atoms with Crippen LogP contribution < -0.4 is 11.1 Å². The zero-order chi connectivity index (χ0) is 15.2. The summed E-state index contributed by atoms with van der Waals surface area (Å²) in [4.78, 5) is 12.3. The fourth-order valence-electron chi connectivity index (χ4n) is 3.07. The van der Waals surface area contributed by atoms with Crippen LogP contribution in [0.2, 0.25) is 5.02 Å². The highest BCUT2D eigenvalue weighted by atomic mass is 35.5. The summed E-state index contributed by atoms with van der Waals surface area (Å²) in [5.41, 5.74) is 6.99. The van der Waals surface area contributed by atoms with Gasteiger partial charge >= 0.3 is 0 Å². The van der Waals surface area contributed by atoms with E-state index in [1.807, 2.05) is 0 Å². The number of amides is 1. The van der Waals surface area contributed by atoms with Gasteiger partial charge in [0, 0.05) is 11.6 Å². The van der Waals surface area contributed by atoms with E-state index < -0.39 is 0 Å². The van der Waals surface area contributed by atoms with Gasteiger partial charge in [-0.1, -0.05) is 37.8 Å². The Morgan fingerprint density at radius 3 is 2.67 bits per heavy atom. The van der Waals surface area contributed by atoms with E-state index >= 15 is 0 Å². The molecular formula is C17H25ClN2O. The van der Waals surface area contributed by atoms with Crippen LogP contribution >= 0.6 is 11.6 Å². The first kappa shape index (κ1) is 16.2. The van der Waals surface area contributed by atoms with Crippen LogP contribution in [0.4, 0.5) is 11.4 Å². The molecule has 1 aliphatic carbocycles. The molecule has 0 bridgehead atoms. The first-order valence-electron chi connectivity index (χ1n) is 7.96. The minimum absolute atomic E-state index is 0.116. The molecule has 1 aromatic rings. The number of carbonyl (C=O) groups is 1. The molecule has 0 unspecified atom stereocenters. The molecule has 1 aliphatic rings. The number of nitrogens with two attached hydrogens (primary N) is 1. The molecule has 0 radical (unpaired) electrons. The summed E-state index contributed by atoms with van der Waals surface area (Å²) < 4.78 is 0. The first-order valence-corrected chi connectivity index (χ1v) is 8.33. The number of unbranched alkanes of at least 4 members (excludes halogenated alkanes) is 1. The zero-order valence-corrected chi connectivity index (χ0v) is 13.5. The highest BCUT2D eigenvalue weighted by molar-refractivity contribution is 6.33. The van der Waals surface area contributed by atoms with Crippen molar-refractivity contribution in [1.29, 1.82) is 0 Å². The van der Waals surface area contributed by atoms with E-state index in [0.29, 0.717) is 10.7 Å². The lowest BCUT2D eigenvalue weighted by Crippen LogP contribution is -2.27. The molecular weight excluding hydrogens is 284 g/mol. The van der Waals surface area contributed by atoms with Crippen molar-refractivity contribution >= 4 is 28.9 Å². The number of hydrogen-bond donors (Lipinski definition) is 2. The van der Waals surface area contributed by atoms with Crippen LogP contribution in [0.15, 0.2) is 18.2 Å². The van der Waals surface area contributed by atoms with Crippen molar-refractivity contribution in [3.05, 3.63) is 23.2 Å². The van der Waals surface area contributed by atoms with Crippen molar-refractivity contribution in [3.63, 3.8) is 0 Å². The molecule has 4 heteroatoms. The molecule has 1 amide bonds. The predicted molar refractivity (Wildman–Crippen MR) is 89.5 cm³/mol. The van der Waals surface area contributed by atoms with Crippen LogP contribution in [-0.2, 0) is 4.79 Å². The molecule has 0 saturated heterocycles. The smallest absolute Gasteiger partial charge is 0.227 e. The normalized spacial score (nSPS) is 22.0. The van der Waals surface area contributed by atoms with Crippen LogP contribution in [-0.4, -0.2) is 5.91 Å². The summed E-state index contributed by atoms with van der Waals surface area (Å²) in [6.45, 7) is 2.23. The largest absolute Gasteiger partial charge is 0.397 e. The van der Waals surface area contributed by atoms with Gasteiger partial charge in [0.1, 0.15) is 0 Å². The van der Waals surface area contributed by atoms with Gasteiger partial charge in [0.2, 0.25) is 5.91 Å². The maximum atomic E-state index is 12.3. The molecule has 3 N–H and O–H groups in total. The number of benzene rings is 1. The first-order chi connectivity index (χ1) is 10.1. The number of hydrogen-bond acceptors (Lipinski definition) is 2. The Morgan fingerprint density at radius 2 is 2.05 bits per heavy atom. The Kier molecular flexibility index (Phi) is 5.92. The molecule has 0 aromatic heterocycles. The molecule has 1 fully saturated rings. The number of nitrogen functional groups attached to an aromatic ring is 1. The second-order valence-electron chi connectivity index (χ2n) is 6.09. The molecule has 0 heterocycles. The third-order valence-electron chi connectivity index (χ3n) is 4.45. The van der Waals surface area contributed by atoms with Crippen LogP contribution in [0.3, 0.4) is 0 Å². The Balaban J connectivity index is 1.83. The summed E-state index contributed by atoms with van der Waals surface area (Å²) in [6.07, 6.45) is 8.26. The lowest BCUT2D eigenvalue weighted by molar-refractivity contribution is -0.121. The SMILES string of the molecule is CCCCC1CCC(C(=O)Nc2ccc(Cl)c(N)c2)CC1. The molecule has 0 atom stereocenters. The second kappa shape index (κ2) is 7.69. The van der Waals surface area contributed by atoms with Crippen LogP contribution in [0.1, 0.15) is 51.9 Å². The van der Waals surface area contributed by atoms with E-state index in [9.17, 15) is 4.79 Å². The molecule has 116 valence electrons. The Hall–Kier alpha value is -1.22. The third kappa shape index (κ3) is 4.63. The number of halogens is 1. The molecule has 2 rings (SSSR count). The van der Waals surface area contributed by atoms with Gasteiger partial charge in [0.25, 0.3) is 0 Å². The maximum absolute atomic E-state index is 12.3. The monoisotopic (exact) mass is 308 g/mol. The standard InChI is InChI=1S/C17H25ClN2O/c1-2-3-4-12-5-7-13(8-6-12)17(21)20-14-9-10-15(18)16(19)11-14/h9-13H,2-8,19H2,1H3,(H,20,21). The van der Waals surface area contributed by atoms with Crippen molar-refractivity contribution < 1.29 is 4.79 Å². The average Bonchev–Trinajstić information content (AvgIpc) is 2.49. The van der Waals surface area contributed by atoms with Crippen LogP contribution in [0.5, 0.6) is 0 Å². The second-order valence-corrected chi connectivity index (χ2v) is 6.49. The van der Waals surface area contributed by atoms with Crippen molar-refractivity contribution in [2.75, 3.05) is 11.1 Å². The number of nitrogens with one attached hydrogen (secondary N) is 1. The number of carbonyl (C=O) groups excluding carboxylic acids is 1. The third-order valence-corrected chi connectivity index (χ3v) is 4.79. The van der Waals surface area contributed by atoms with E-state index in [2.05, 4.69) is 12.2 Å². The van der Waals surface area contributed by atoms with Crippen LogP contribution in [0, 0.1) is 11.8 Å². The van der Waals surface area contributed by atoms with Gasteiger partial charge < -0.3 is 11.1 Å². The number of anilines is 2. The number of rotatable bonds is 5. The summed E-state index contributed by atoms with van der Waals surface area (Å²) in [5.74, 6) is 1.07. The van der Waals surface area contributed by atoms with Crippen molar-refractivity contribution in [1.82, 2.24) is 0 Å². The topological polar surface area (TPSA) is 55.1 Å². The Bertz CT molecular complexity index is 482. The van der Waals surface area contributed by atoms with E-state index in [0.717, 1.165) is 24.4 Å². The minimum Gasteiger partial charge on any atom is -0.397 e. The summed E-state index contributed by atoms with van der Waals surface area (Å²) >= 11 is 5.89. The predicted octanol–water partition coefficient (Wildman–Crippen LogP) is 4.86. The fraction of sp³-hybridized carbons (Fsp3) is 0.588. The molecule has 3 nitrogen and oxygen atoms in total. The highest BCUT2D eigenvalue weighted by Crippen LogP contribution is 2.32. The van der Waals surface area contributed by atoms with Gasteiger partial charge in [-0.05, 0) is 49.8 Å². The lowest BCUT2D eigenvalue weighted by atomic mass is 9.79.